The van der Waals surface area contributed by atoms with Gasteiger partial charge in [-0.05, 0) is 37.6 Å². The van der Waals surface area contributed by atoms with Crippen molar-refractivity contribution < 1.29 is 14.1 Å². The predicted octanol–water partition coefficient (Wildman–Crippen LogP) is 3.33. The Balaban J connectivity index is 1.80. The molecule has 0 unspecified atom stereocenters. The van der Waals surface area contributed by atoms with Crippen LogP contribution in [0.15, 0.2) is 52.0 Å². The number of rotatable bonds is 3. The maximum absolute atomic E-state index is 13.5. The van der Waals surface area contributed by atoms with Gasteiger partial charge < -0.3 is 19.1 Å². The van der Waals surface area contributed by atoms with Gasteiger partial charge in [0.2, 0.25) is 0 Å². The minimum atomic E-state index is -0.419. The SMILES string of the molecule is Cc1noc(C)c1-c1ccc2[nH]c(=O)c(C(=O)N3CCOCC3)c(-c3cccnc3)c2c1. The number of ether oxygens (including phenoxy) is 1. The van der Waals surface area contributed by atoms with Crippen LogP contribution in [0.5, 0.6) is 0 Å². The van der Waals surface area contributed by atoms with Crippen LogP contribution in [-0.4, -0.2) is 52.2 Å². The monoisotopic (exact) mass is 430 g/mol. The second kappa shape index (κ2) is 8.05. The number of fused-ring (bicyclic) bond motifs is 1. The number of pyridine rings is 2. The van der Waals surface area contributed by atoms with Gasteiger partial charge in [-0.25, -0.2) is 0 Å². The van der Waals surface area contributed by atoms with Crippen LogP contribution in [0.25, 0.3) is 33.2 Å². The molecule has 1 saturated heterocycles. The third-order valence-corrected chi connectivity index (χ3v) is 5.80. The van der Waals surface area contributed by atoms with Gasteiger partial charge in [0.25, 0.3) is 11.5 Å². The van der Waals surface area contributed by atoms with Crippen molar-refractivity contribution in [3.05, 3.63) is 70.1 Å². The molecule has 1 aliphatic heterocycles. The lowest BCUT2D eigenvalue weighted by Crippen LogP contribution is -2.42. The van der Waals surface area contributed by atoms with E-state index in [0.717, 1.165) is 22.2 Å². The number of benzene rings is 1. The van der Waals surface area contributed by atoms with Gasteiger partial charge in [0, 0.05) is 53.1 Å². The number of H-pyrrole nitrogens is 1. The van der Waals surface area contributed by atoms with Crippen molar-refractivity contribution >= 4 is 16.8 Å². The number of nitrogens with one attached hydrogen (secondary N) is 1. The molecule has 1 aliphatic rings. The number of aromatic nitrogens is 3. The number of carbonyl (C=O) groups is 1. The molecule has 32 heavy (non-hydrogen) atoms. The van der Waals surface area contributed by atoms with E-state index in [1.165, 1.54) is 0 Å². The second-order valence-electron chi connectivity index (χ2n) is 7.81. The number of aryl methyl sites for hydroxylation is 2. The van der Waals surface area contributed by atoms with Gasteiger partial charge >= 0.3 is 0 Å². The zero-order valence-electron chi connectivity index (χ0n) is 17.8. The lowest BCUT2D eigenvalue weighted by atomic mass is 9.93. The minimum absolute atomic E-state index is 0.114. The summed E-state index contributed by atoms with van der Waals surface area (Å²) in [6.45, 7) is 5.55. The Morgan fingerprint density at radius 1 is 1.09 bits per heavy atom. The standard InChI is InChI=1S/C24H22N4O4/c1-14-20(15(2)32-27-14)16-5-6-19-18(12-16)21(17-4-3-7-25-13-17)22(23(29)26-19)24(30)28-8-10-31-11-9-28/h3-7,12-13H,8-11H2,1-2H3,(H,26,29). The normalized spacial score (nSPS) is 14.1. The first-order chi connectivity index (χ1) is 15.5. The van der Waals surface area contributed by atoms with Gasteiger partial charge in [0.1, 0.15) is 11.3 Å². The van der Waals surface area contributed by atoms with Gasteiger partial charge in [0.05, 0.1) is 18.9 Å². The van der Waals surface area contributed by atoms with Crippen LogP contribution >= 0.6 is 0 Å². The zero-order valence-corrected chi connectivity index (χ0v) is 17.8. The predicted molar refractivity (Wildman–Crippen MR) is 119 cm³/mol. The molecule has 0 saturated carbocycles. The molecule has 0 bridgehead atoms. The molecule has 1 N–H and O–H groups in total. The van der Waals surface area contributed by atoms with E-state index >= 15 is 0 Å². The lowest BCUT2D eigenvalue weighted by molar-refractivity contribution is 0.0302. The van der Waals surface area contributed by atoms with Crippen LogP contribution in [-0.2, 0) is 4.74 Å². The molecule has 8 nitrogen and oxygen atoms in total. The summed E-state index contributed by atoms with van der Waals surface area (Å²) < 4.78 is 10.7. The van der Waals surface area contributed by atoms with Crippen molar-refractivity contribution in [2.45, 2.75) is 13.8 Å². The largest absolute Gasteiger partial charge is 0.378 e. The molecule has 5 rings (SSSR count). The summed E-state index contributed by atoms with van der Waals surface area (Å²) in [6, 6.07) is 9.39. The van der Waals surface area contributed by atoms with Gasteiger partial charge in [-0.1, -0.05) is 17.3 Å². The van der Waals surface area contributed by atoms with E-state index in [9.17, 15) is 9.59 Å². The van der Waals surface area contributed by atoms with Crippen molar-refractivity contribution in [1.82, 2.24) is 20.0 Å². The lowest BCUT2D eigenvalue weighted by Gasteiger charge is -2.27. The van der Waals surface area contributed by atoms with Gasteiger partial charge in [-0.15, -0.1) is 0 Å². The molecule has 0 aliphatic carbocycles. The van der Waals surface area contributed by atoms with E-state index < -0.39 is 5.56 Å². The zero-order chi connectivity index (χ0) is 22.2. The summed E-state index contributed by atoms with van der Waals surface area (Å²) in [7, 11) is 0. The fraction of sp³-hybridized carbons (Fsp3) is 0.250. The fourth-order valence-electron chi connectivity index (χ4n) is 4.28. The molecule has 1 aromatic carbocycles. The topological polar surface area (TPSA) is 101 Å². The molecular weight excluding hydrogens is 408 g/mol. The Hall–Kier alpha value is -3.78. The van der Waals surface area contributed by atoms with Crippen LogP contribution in [0.2, 0.25) is 0 Å². The van der Waals surface area contributed by atoms with E-state index in [2.05, 4.69) is 15.1 Å². The molecule has 1 amide bonds. The van der Waals surface area contributed by atoms with Crippen LogP contribution in [0.4, 0.5) is 0 Å². The molecule has 4 aromatic rings. The molecular formula is C24H22N4O4. The summed E-state index contributed by atoms with van der Waals surface area (Å²) in [6.07, 6.45) is 3.34. The number of aromatic amines is 1. The highest BCUT2D eigenvalue weighted by Gasteiger charge is 2.27. The van der Waals surface area contributed by atoms with E-state index in [1.54, 1.807) is 23.4 Å². The first kappa shape index (κ1) is 20.1. The molecule has 0 atom stereocenters. The highest BCUT2D eigenvalue weighted by Crippen LogP contribution is 2.34. The van der Waals surface area contributed by atoms with Gasteiger partial charge in [0.15, 0.2) is 0 Å². The van der Waals surface area contributed by atoms with Crippen LogP contribution in [0, 0.1) is 13.8 Å². The fourth-order valence-corrected chi connectivity index (χ4v) is 4.28. The first-order valence-corrected chi connectivity index (χ1v) is 10.5. The smallest absolute Gasteiger partial charge is 0.261 e. The number of nitrogens with zero attached hydrogens (tertiary/aromatic N) is 3. The summed E-state index contributed by atoms with van der Waals surface area (Å²) in [4.78, 5) is 35.4. The second-order valence-corrected chi connectivity index (χ2v) is 7.81. The Bertz CT molecular complexity index is 1350. The van der Waals surface area contributed by atoms with Gasteiger partial charge in [-0.3, -0.25) is 14.6 Å². The number of amides is 1. The van der Waals surface area contributed by atoms with Crippen LogP contribution in [0.3, 0.4) is 0 Å². The number of hydrogen-bond donors (Lipinski definition) is 1. The van der Waals surface area contributed by atoms with Crippen molar-refractivity contribution in [1.29, 1.82) is 0 Å². The Morgan fingerprint density at radius 2 is 1.91 bits per heavy atom. The van der Waals surface area contributed by atoms with Crippen molar-refractivity contribution in [2.24, 2.45) is 0 Å². The molecule has 8 heteroatoms. The van der Waals surface area contributed by atoms with Crippen molar-refractivity contribution in [2.75, 3.05) is 26.3 Å². The summed E-state index contributed by atoms with van der Waals surface area (Å²) in [5, 5.41) is 4.82. The molecule has 0 spiro atoms. The average Bonchev–Trinajstić information content (AvgIpc) is 3.16. The van der Waals surface area contributed by atoms with Crippen molar-refractivity contribution in [3.63, 3.8) is 0 Å². The number of carbonyl (C=O) groups excluding carboxylic acids is 1. The van der Waals surface area contributed by atoms with E-state index in [1.807, 2.05) is 38.1 Å². The average molecular weight is 430 g/mol. The molecule has 162 valence electrons. The molecule has 0 radical (unpaired) electrons. The molecule has 4 heterocycles. The summed E-state index contributed by atoms with van der Waals surface area (Å²) >= 11 is 0. The summed E-state index contributed by atoms with van der Waals surface area (Å²) in [5.74, 6) is 0.400. The van der Waals surface area contributed by atoms with Crippen LogP contribution < -0.4 is 5.56 Å². The third-order valence-electron chi connectivity index (χ3n) is 5.80. The van der Waals surface area contributed by atoms with E-state index in [0.29, 0.717) is 48.7 Å². The number of morpholine rings is 1. The maximum atomic E-state index is 13.5. The highest BCUT2D eigenvalue weighted by molar-refractivity contribution is 6.09. The maximum Gasteiger partial charge on any atom is 0.261 e. The highest BCUT2D eigenvalue weighted by atomic mass is 16.5. The Kier molecular flexibility index (Phi) is 5.07. The van der Waals surface area contributed by atoms with Gasteiger partial charge in [-0.2, -0.15) is 0 Å². The van der Waals surface area contributed by atoms with E-state index in [4.69, 9.17) is 9.26 Å². The molecule has 3 aromatic heterocycles. The van der Waals surface area contributed by atoms with Crippen LogP contribution in [0.1, 0.15) is 21.8 Å². The minimum Gasteiger partial charge on any atom is -0.378 e. The quantitative estimate of drug-likeness (QED) is 0.535. The third kappa shape index (κ3) is 3.38. The summed E-state index contributed by atoms with van der Waals surface area (Å²) in [5.41, 5.74) is 4.19. The number of hydrogen-bond acceptors (Lipinski definition) is 6. The van der Waals surface area contributed by atoms with Crippen molar-refractivity contribution in [3.8, 4) is 22.3 Å². The Morgan fingerprint density at radius 3 is 2.59 bits per heavy atom. The first-order valence-electron chi connectivity index (χ1n) is 10.5. The molecule has 1 fully saturated rings. The Labute approximate surface area is 183 Å². The van der Waals surface area contributed by atoms with E-state index in [-0.39, 0.29) is 11.5 Å².